The van der Waals surface area contributed by atoms with Gasteiger partial charge in [0.2, 0.25) is 5.91 Å². The monoisotopic (exact) mass is 244 g/mol. The van der Waals surface area contributed by atoms with Crippen molar-refractivity contribution in [2.75, 3.05) is 33.4 Å². The largest absolute Gasteiger partial charge is 0.469 e. The van der Waals surface area contributed by atoms with Gasteiger partial charge in [-0.3, -0.25) is 9.59 Å². The van der Waals surface area contributed by atoms with E-state index in [1.807, 2.05) is 6.92 Å². The summed E-state index contributed by atoms with van der Waals surface area (Å²) in [7, 11) is 1.35. The van der Waals surface area contributed by atoms with E-state index in [9.17, 15) is 9.59 Å². The van der Waals surface area contributed by atoms with Gasteiger partial charge in [0.15, 0.2) is 0 Å². The van der Waals surface area contributed by atoms with E-state index >= 15 is 0 Å². The van der Waals surface area contributed by atoms with E-state index in [1.165, 1.54) is 7.11 Å². The first kappa shape index (κ1) is 13.9. The zero-order chi connectivity index (χ0) is 12.7. The number of rotatable bonds is 7. The lowest BCUT2D eigenvalue weighted by Gasteiger charge is -2.38. The molecule has 2 N–H and O–H groups in total. The Hall–Kier alpha value is -1.14. The molecule has 6 heteroatoms. The molecule has 1 heterocycles. The van der Waals surface area contributed by atoms with Gasteiger partial charge in [0.25, 0.3) is 0 Å². The second-order valence-electron chi connectivity index (χ2n) is 4.37. The Morgan fingerprint density at radius 2 is 2.12 bits per heavy atom. The fraction of sp³-hybridized carbons (Fsp3) is 0.818. The van der Waals surface area contributed by atoms with E-state index < -0.39 is 0 Å². The van der Waals surface area contributed by atoms with Crippen LogP contribution in [0.3, 0.4) is 0 Å². The van der Waals surface area contributed by atoms with Gasteiger partial charge in [-0.05, 0) is 13.3 Å². The van der Waals surface area contributed by atoms with Gasteiger partial charge in [-0.25, -0.2) is 0 Å². The normalized spacial score (nSPS) is 17.1. The molecule has 17 heavy (non-hydrogen) atoms. The number of hydrogen-bond donors (Lipinski definition) is 2. The summed E-state index contributed by atoms with van der Waals surface area (Å²) in [5.41, 5.74) is -0.205. The van der Waals surface area contributed by atoms with Gasteiger partial charge in [-0.15, -0.1) is 0 Å². The predicted molar refractivity (Wildman–Crippen MR) is 61.5 cm³/mol. The number of nitrogens with one attached hydrogen (secondary N) is 2. The van der Waals surface area contributed by atoms with Crippen molar-refractivity contribution in [1.29, 1.82) is 0 Å². The van der Waals surface area contributed by atoms with E-state index in [2.05, 4.69) is 15.4 Å². The van der Waals surface area contributed by atoms with Gasteiger partial charge in [0, 0.05) is 26.1 Å². The molecule has 0 unspecified atom stereocenters. The van der Waals surface area contributed by atoms with Crippen LogP contribution in [0.4, 0.5) is 0 Å². The quantitative estimate of drug-likeness (QED) is 0.463. The van der Waals surface area contributed by atoms with Crippen LogP contribution >= 0.6 is 0 Å². The Morgan fingerprint density at radius 1 is 1.41 bits per heavy atom. The maximum Gasteiger partial charge on any atom is 0.305 e. The topological polar surface area (TPSA) is 76.7 Å². The van der Waals surface area contributed by atoms with Gasteiger partial charge in [0.05, 0.1) is 12.7 Å². The molecular weight excluding hydrogens is 224 g/mol. The standard InChI is InChI=1S/C11H20N2O4/c1-11(7-12-8-11)17-6-9(14)13-5-3-4-10(15)16-2/h12H,3-8H2,1-2H3,(H,13,14). The molecule has 1 rings (SSSR count). The molecule has 0 aromatic rings. The van der Waals surface area contributed by atoms with Crippen molar-refractivity contribution in [3.8, 4) is 0 Å². The molecule has 6 nitrogen and oxygen atoms in total. The number of ether oxygens (including phenoxy) is 2. The van der Waals surface area contributed by atoms with E-state index in [1.54, 1.807) is 0 Å². The third-order valence-electron chi connectivity index (χ3n) is 2.66. The van der Waals surface area contributed by atoms with Crippen LogP contribution in [0.15, 0.2) is 0 Å². The van der Waals surface area contributed by atoms with E-state index in [0.29, 0.717) is 19.4 Å². The molecule has 98 valence electrons. The lowest BCUT2D eigenvalue weighted by atomic mass is 10.0. The highest BCUT2D eigenvalue weighted by Gasteiger charge is 2.32. The minimum Gasteiger partial charge on any atom is -0.469 e. The summed E-state index contributed by atoms with van der Waals surface area (Å²) in [5.74, 6) is -0.411. The molecule has 0 radical (unpaired) electrons. The van der Waals surface area contributed by atoms with Crippen molar-refractivity contribution < 1.29 is 19.1 Å². The Bertz CT molecular complexity index is 277. The van der Waals surface area contributed by atoms with Gasteiger partial charge in [0.1, 0.15) is 6.61 Å². The molecule has 1 aliphatic heterocycles. The molecule has 0 saturated carbocycles. The average molecular weight is 244 g/mol. The van der Waals surface area contributed by atoms with Crippen LogP contribution in [0.5, 0.6) is 0 Å². The summed E-state index contributed by atoms with van der Waals surface area (Å²) in [6, 6.07) is 0. The van der Waals surface area contributed by atoms with Gasteiger partial charge in [-0.2, -0.15) is 0 Å². The van der Waals surface area contributed by atoms with Crippen LogP contribution in [0, 0.1) is 0 Å². The van der Waals surface area contributed by atoms with Crippen LogP contribution in [-0.2, 0) is 19.1 Å². The molecular formula is C11H20N2O4. The SMILES string of the molecule is COC(=O)CCCNC(=O)COC1(C)CNC1. The minimum atomic E-state index is -0.261. The Morgan fingerprint density at radius 3 is 2.65 bits per heavy atom. The highest BCUT2D eigenvalue weighted by Crippen LogP contribution is 2.14. The second-order valence-corrected chi connectivity index (χ2v) is 4.37. The van der Waals surface area contributed by atoms with Crippen molar-refractivity contribution in [3.05, 3.63) is 0 Å². The fourth-order valence-corrected chi connectivity index (χ4v) is 1.43. The maximum absolute atomic E-state index is 11.4. The van der Waals surface area contributed by atoms with Crippen LogP contribution in [0.2, 0.25) is 0 Å². The van der Waals surface area contributed by atoms with E-state index in [-0.39, 0.29) is 24.1 Å². The number of carbonyl (C=O) groups is 2. The van der Waals surface area contributed by atoms with Crippen LogP contribution < -0.4 is 10.6 Å². The molecule has 0 atom stereocenters. The number of hydrogen-bond acceptors (Lipinski definition) is 5. The Balaban J connectivity index is 1.99. The highest BCUT2D eigenvalue weighted by molar-refractivity contribution is 5.77. The summed E-state index contributed by atoms with van der Waals surface area (Å²) in [5, 5.41) is 5.78. The highest BCUT2D eigenvalue weighted by atomic mass is 16.5. The average Bonchev–Trinajstić information content (AvgIpc) is 2.29. The first-order valence-electron chi connectivity index (χ1n) is 5.74. The van der Waals surface area contributed by atoms with Crippen LogP contribution in [0.1, 0.15) is 19.8 Å². The molecule has 0 aliphatic carbocycles. The van der Waals surface area contributed by atoms with Crippen molar-refractivity contribution in [2.45, 2.75) is 25.4 Å². The van der Waals surface area contributed by atoms with Crippen LogP contribution in [-0.4, -0.2) is 50.8 Å². The number of methoxy groups -OCH3 is 1. The van der Waals surface area contributed by atoms with Crippen molar-refractivity contribution in [1.82, 2.24) is 10.6 Å². The van der Waals surface area contributed by atoms with Crippen molar-refractivity contribution >= 4 is 11.9 Å². The molecule has 0 aromatic heterocycles. The zero-order valence-electron chi connectivity index (χ0n) is 10.4. The van der Waals surface area contributed by atoms with Gasteiger partial charge < -0.3 is 20.1 Å². The zero-order valence-corrected chi connectivity index (χ0v) is 10.4. The second kappa shape index (κ2) is 6.56. The first-order chi connectivity index (χ1) is 8.06. The third-order valence-corrected chi connectivity index (χ3v) is 2.66. The smallest absolute Gasteiger partial charge is 0.305 e. The number of esters is 1. The molecule has 0 bridgehead atoms. The lowest BCUT2D eigenvalue weighted by molar-refractivity contribution is -0.141. The third kappa shape index (κ3) is 5.14. The predicted octanol–water partition coefficient (Wildman–Crippen LogP) is -0.566. The Labute approximate surface area is 101 Å². The fourth-order valence-electron chi connectivity index (χ4n) is 1.43. The van der Waals surface area contributed by atoms with E-state index in [0.717, 1.165) is 13.1 Å². The maximum atomic E-state index is 11.4. The molecule has 1 fully saturated rings. The molecule has 0 spiro atoms. The molecule has 0 aromatic carbocycles. The lowest BCUT2D eigenvalue weighted by Crippen LogP contribution is -2.59. The summed E-state index contributed by atoms with van der Waals surface area (Å²) in [6.07, 6.45) is 0.899. The summed E-state index contributed by atoms with van der Waals surface area (Å²) in [6.45, 7) is 4.06. The number of carbonyl (C=O) groups excluding carboxylic acids is 2. The first-order valence-corrected chi connectivity index (χ1v) is 5.74. The Kier molecular flexibility index (Phi) is 5.37. The van der Waals surface area contributed by atoms with Crippen molar-refractivity contribution in [2.24, 2.45) is 0 Å². The molecule has 1 saturated heterocycles. The summed E-state index contributed by atoms with van der Waals surface area (Å²) < 4.78 is 9.95. The number of amides is 1. The van der Waals surface area contributed by atoms with Crippen LogP contribution in [0.25, 0.3) is 0 Å². The van der Waals surface area contributed by atoms with Crippen molar-refractivity contribution in [3.63, 3.8) is 0 Å². The van der Waals surface area contributed by atoms with E-state index in [4.69, 9.17) is 4.74 Å². The summed E-state index contributed by atoms with van der Waals surface area (Å²) in [4.78, 5) is 22.2. The van der Waals surface area contributed by atoms with Gasteiger partial charge >= 0.3 is 5.97 Å². The van der Waals surface area contributed by atoms with Gasteiger partial charge in [-0.1, -0.05) is 0 Å². The summed E-state index contributed by atoms with van der Waals surface area (Å²) >= 11 is 0. The minimum absolute atomic E-state index is 0.0659. The molecule has 1 amide bonds. The molecule has 1 aliphatic rings.